The highest BCUT2D eigenvalue weighted by atomic mass is 16.3. The number of para-hydroxylation sites is 2. The topological polar surface area (TPSA) is 43.9 Å². The maximum atomic E-state index is 9.79. The molecule has 0 aliphatic rings. The van der Waals surface area contributed by atoms with E-state index in [1.54, 1.807) is 12.1 Å². The van der Waals surface area contributed by atoms with Gasteiger partial charge in [-0.3, -0.25) is 0 Å². The van der Waals surface area contributed by atoms with Crippen LogP contribution in [0.15, 0.2) is 241 Å². The van der Waals surface area contributed by atoms with E-state index in [0.29, 0.717) is 39.3 Å². The van der Waals surface area contributed by atoms with Gasteiger partial charge in [-0.2, -0.15) is 0 Å². The highest BCUT2D eigenvalue weighted by molar-refractivity contribution is 6.15. The molecule has 4 nitrogen and oxygen atoms in total. The summed E-state index contributed by atoms with van der Waals surface area (Å²) in [6.45, 7) is 0. The van der Waals surface area contributed by atoms with Crippen LogP contribution < -0.4 is 0 Å². The Labute approximate surface area is 401 Å². The molecule has 13 rings (SSSR count). The molecule has 0 aliphatic heterocycles. The number of hydrogen-bond donors (Lipinski definition) is 0. The van der Waals surface area contributed by atoms with E-state index in [0.717, 1.165) is 43.3 Å². The Morgan fingerprint density at radius 1 is 0.394 bits per heavy atom. The van der Waals surface area contributed by atoms with Gasteiger partial charge in [-0.15, -0.1) is 0 Å². The lowest BCUT2D eigenvalue weighted by molar-refractivity contribution is 0.669. The summed E-state index contributed by atoms with van der Waals surface area (Å²) in [5.41, 5.74) is 6.85. The molecule has 0 spiro atoms. The number of aromatic nitrogens is 3. The molecule has 0 saturated heterocycles. The van der Waals surface area contributed by atoms with E-state index in [1.165, 1.54) is 0 Å². The Kier molecular flexibility index (Phi) is 6.10. The van der Waals surface area contributed by atoms with Crippen molar-refractivity contribution in [1.82, 2.24) is 14.5 Å². The highest BCUT2D eigenvalue weighted by Gasteiger charge is 2.20. The number of furan rings is 1. The second kappa shape index (κ2) is 15.4. The first-order chi connectivity index (χ1) is 38.5. The SMILES string of the molecule is [2H]c1c([2H])c(-n2c3c([2H])c([2H])c([2H])c([2H])c3c3c([2H])c4c([2H])c([2H])c([2H])c([2H])c4c([2H])c32)c([2H])c([2H])c1-c1cc(-c2cc(-c3ccc(-c4ccccc4)cc3)nc(-c3ccc(-c4ccccc4)cc3)n2)c2c(c1)oc1ccccc12. The van der Waals surface area contributed by atoms with E-state index in [9.17, 15) is 9.60 Å². The van der Waals surface area contributed by atoms with Gasteiger partial charge in [0, 0.05) is 43.9 Å². The van der Waals surface area contributed by atoms with Crippen molar-refractivity contribution in [2.24, 2.45) is 0 Å². The summed E-state index contributed by atoms with van der Waals surface area (Å²) in [5.74, 6) is 0.404. The molecule has 308 valence electrons. The Balaban J connectivity index is 1.07. The second-order valence-corrected chi connectivity index (χ2v) is 15.9. The van der Waals surface area contributed by atoms with E-state index in [-0.39, 0.29) is 38.3 Å². The summed E-state index contributed by atoms with van der Waals surface area (Å²) in [7, 11) is 0. The standard InChI is InChI=1S/C62H39N3O/c1-3-13-40(14-4-1)42-23-27-45(28-24-42)55-39-56(64-62(63-55)46-29-25-43(26-30-46)41-15-5-2-6-16-41)54-36-49(38-60-61(54)52-20-10-12-22-59(52)66-60)44-31-33-50(34-32-44)65-57-21-11-9-19-51(57)53-35-47-17-7-8-18-48(47)37-58(53)65/h1-39H/i7D,8D,9D,11D,17D,18D,19D,21D,31D,32D,33D,34D,35D,37D. The first-order valence-corrected chi connectivity index (χ1v) is 21.2. The third-order valence-corrected chi connectivity index (χ3v) is 11.9. The average Bonchev–Trinajstić information content (AvgIpc) is 2.91. The van der Waals surface area contributed by atoms with Gasteiger partial charge in [0.25, 0.3) is 0 Å². The van der Waals surface area contributed by atoms with E-state index in [4.69, 9.17) is 24.0 Å². The molecule has 3 heterocycles. The van der Waals surface area contributed by atoms with Crippen LogP contribution in [-0.2, 0) is 0 Å². The van der Waals surface area contributed by atoms with Crippen molar-refractivity contribution in [2.45, 2.75) is 0 Å². The van der Waals surface area contributed by atoms with Crippen LogP contribution in [0.3, 0.4) is 0 Å². The summed E-state index contributed by atoms with van der Waals surface area (Å²) < 4.78 is 136. The van der Waals surface area contributed by atoms with Gasteiger partial charge >= 0.3 is 0 Å². The number of hydrogen-bond acceptors (Lipinski definition) is 3. The summed E-state index contributed by atoms with van der Waals surface area (Å²) in [6.07, 6.45) is 0. The van der Waals surface area contributed by atoms with Crippen LogP contribution in [0, 0.1) is 0 Å². The molecular weight excluding hydrogens is 803 g/mol. The fraction of sp³-hybridized carbons (Fsp3) is 0. The third kappa shape index (κ3) is 6.46. The van der Waals surface area contributed by atoms with Crippen molar-refractivity contribution in [2.75, 3.05) is 0 Å². The van der Waals surface area contributed by atoms with Crippen LogP contribution in [0.1, 0.15) is 19.2 Å². The van der Waals surface area contributed by atoms with Crippen molar-refractivity contribution < 1.29 is 23.6 Å². The quantitative estimate of drug-likeness (QED) is 0.160. The number of rotatable bonds is 7. The summed E-state index contributed by atoms with van der Waals surface area (Å²) in [6, 6.07) is 39.7. The minimum absolute atomic E-state index is 0.163. The molecular formula is C62H39N3O. The maximum Gasteiger partial charge on any atom is 0.160 e. The minimum atomic E-state index is -0.721. The molecule has 0 unspecified atom stereocenters. The lowest BCUT2D eigenvalue weighted by atomic mass is 9.95. The Morgan fingerprint density at radius 2 is 0.985 bits per heavy atom. The minimum Gasteiger partial charge on any atom is -0.456 e. The lowest BCUT2D eigenvalue weighted by Crippen LogP contribution is -1.97. The van der Waals surface area contributed by atoms with E-state index < -0.39 is 95.7 Å². The van der Waals surface area contributed by atoms with E-state index in [1.807, 2.05) is 140 Å². The van der Waals surface area contributed by atoms with Crippen molar-refractivity contribution >= 4 is 54.5 Å². The number of benzene rings is 10. The van der Waals surface area contributed by atoms with Crippen LogP contribution in [0.5, 0.6) is 0 Å². The van der Waals surface area contributed by atoms with E-state index in [2.05, 4.69) is 0 Å². The summed E-state index contributed by atoms with van der Waals surface area (Å²) in [4.78, 5) is 10.4. The van der Waals surface area contributed by atoms with Gasteiger partial charge in [-0.1, -0.05) is 182 Å². The Hall–Kier alpha value is -8.86. The molecule has 0 bridgehead atoms. The van der Waals surface area contributed by atoms with Crippen LogP contribution in [-0.4, -0.2) is 14.5 Å². The summed E-state index contributed by atoms with van der Waals surface area (Å²) >= 11 is 0. The largest absolute Gasteiger partial charge is 0.456 e. The van der Waals surface area contributed by atoms with Gasteiger partial charge in [0.05, 0.1) is 41.6 Å². The molecule has 13 aromatic rings. The highest BCUT2D eigenvalue weighted by Crippen LogP contribution is 2.42. The van der Waals surface area contributed by atoms with Crippen LogP contribution in [0.2, 0.25) is 0 Å². The number of fused-ring (bicyclic) bond motifs is 7. The molecule has 0 amide bonds. The third-order valence-electron chi connectivity index (χ3n) is 11.9. The van der Waals surface area contributed by atoms with Gasteiger partial charge in [-0.05, 0) is 98.6 Å². The number of nitrogens with zero attached hydrogens (tertiary/aromatic N) is 3. The zero-order valence-corrected chi connectivity index (χ0v) is 34.7. The lowest BCUT2D eigenvalue weighted by Gasteiger charge is -2.13. The molecule has 0 atom stereocenters. The fourth-order valence-corrected chi connectivity index (χ4v) is 8.74. The summed E-state index contributed by atoms with van der Waals surface area (Å²) in [5, 5.41) is 0.0472. The zero-order valence-electron chi connectivity index (χ0n) is 48.7. The first-order valence-electron chi connectivity index (χ1n) is 28.2. The molecule has 66 heavy (non-hydrogen) atoms. The zero-order chi connectivity index (χ0) is 55.7. The second-order valence-electron chi connectivity index (χ2n) is 15.9. The van der Waals surface area contributed by atoms with Crippen molar-refractivity contribution in [1.29, 1.82) is 0 Å². The van der Waals surface area contributed by atoms with Crippen molar-refractivity contribution in [3.8, 4) is 73.0 Å². The van der Waals surface area contributed by atoms with Crippen LogP contribution >= 0.6 is 0 Å². The average molecular weight is 856 g/mol. The molecule has 0 radical (unpaired) electrons. The molecule has 0 aliphatic carbocycles. The molecule has 0 saturated carbocycles. The van der Waals surface area contributed by atoms with Gasteiger partial charge in [-0.25, -0.2) is 9.97 Å². The predicted molar refractivity (Wildman–Crippen MR) is 274 cm³/mol. The van der Waals surface area contributed by atoms with Gasteiger partial charge in [0.2, 0.25) is 0 Å². The normalized spacial score (nSPS) is 14.6. The van der Waals surface area contributed by atoms with Crippen LogP contribution in [0.4, 0.5) is 0 Å². The van der Waals surface area contributed by atoms with Gasteiger partial charge < -0.3 is 8.98 Å². The first kappa shape index (κ1) is 26.1. The Bertz CT molecular complexity index is 4660. The van der Waals surface area contributed by atoms with Crippen LogP contribution in [0.25, 0.3) is 127 Å². The van der Waals surface area contributed by atoms with Gasteiger partial charge in [0.15, 0.2) is 5.82 Å². The van der Waals surface area contributed by atoms with E-state index >= 15 is 0 Å². The van der Waals surface area contributed by atoms with Crippen molar-refractivity contribution in [3.05, 3.63) is 236 Å². The monoisotopic (exact) mass is 855 g/mol. The van der Waals surface area contributed by atoms with Gasteiger partial charge in [0.1, 0.15) is 11.2 Å². The fourth-order valence-electron chi connectivity index (χ4n) is 8.74. The predicted octanol–water partition coefficient (Wildman–Crippen LogP) is 16.6. The molecule has 4 heteroatoms. The molecule has 0 N–H and O–H groups in total. The Morgan fingerprint density at radius 3 is 1.71 bits per heavy atom. The molecule has 10 aromatic carbocycles. The molecule has 3 aromatic heterocycles. The molecule has 0 fully saturated rings. The van der Waals surface area contributed by atoms with Crippen molar-refractivity contribution in [3.63, 3.8) is 0 Å². The smallest absolute Gasteiger partial charge is 0.160 e. The maximum absolute atomic E-state index is 9.79.